The van der Waals surface area contributed by atoms with Crippen LogP contribution >= 0.6 is 0 Å². The molecule has 0 unspecified atom stereocenters. The van der Waals surface area contributed by atoms with Crippen LogP contribution in [-0.4, -0.2) is 31.8 Å². The maximum Gasteiger partial charge on any atom is 0.264 e. The van der Waals surface area contributed by atoms with Gasteiger partial charge in [-0.05, 0) is 37.6 Å². The van der Waals surface area contributed by atoms with Crippen LogP contribution in [0.2, 0.25) is 0 Å². The van der Waals surface area contributed by atoms with Gasteiger partial charge < -0.3 is 5.32 Å². The SMILES string of the molecule is CCCCCCCCNC(=O)CCn1c(C)nc2c(cnn2-c2ccc(F)cc2)c1=O. The lowest BCUT2D eigenvalue weighted by Gasteiger charge is -2.10. The second kappa shape index (κ2) is 10.8. The molecule has 3 aromatic rings. The van der Waals surface area contributed by atoms with E-state index in [1.54, 1.807) is 19.1 Å². The Morgan fingerprint density at radius 2 is 1.81 bits per heavy atom. The van der Waals surface area contributed by atoms with Crippen LogP contribution in [-0.2, 0) is 11.3 Å². The van der Waals surface area contributed by atoms with Gasteiger partial charge in [0, 0.05) is 19.5 Å². The molecule has 2 aromatic heterocycles. The van der Waals surface area contributed by atoms with Crippen molar-refractivity contribution >= 4 is 16.9 Å². The van der Waals surface area contributed by atoms with Gasteiger partial charge in [0.05, 0.1) is 11.9 Å². The van der Waals surface area contributed by atoms with Gasteiger partial charge in [-0.1, -0.05) is 39.0 Å². The van der Waals surface area contributed by atoms with Crippen molar-refractivity contribution in [3.05, 3.63) is 52.5 Å². The second-order valence-electron chi connectivity index (χ2n) is 7.75. The molecule has 3 rings (SSSR count). The third kappa shape index (κ3) is 5.77. The van der Waals surface area contributed by atoms with Gasteiger partial charge >= 0.3 is 0 Å². The van der Waals surface area contributed by atoms with E-state index in [1.807, 2.05) is 0 Å². The van der Waals surface area contributed by atoms with E-state index in [4.69, 9.17) is 0 Å². The highest BCUT2D eigenvalue weighted by atomic mass is 19.1. The normalized spacial score (nSPS) is 11.2. The molecule has 0 aliphatic carbocycles. The molecule has 2 heterocycles. The maximum absolute atomic E-state index is 13.2. The molecule has 0 spiro atoms. The summed E-state index contributed by atoms with van der Waals surface area (Å²) in [5.74, 6) is 0.0912. The average molecular weight is 428 g/mol. The molecule has 1 amide bonds. The van der Waals surface area contributed by atoms with Crippen molar-refractivity contribution in [3.8, 4) is 5.69 Å². The van der Waals surface area contributed by atoms with Crippen LogP contribution in [0.3, 0.4) is 0 Å². The standard InChI is InChI=1S/C23H30FN5O2/c1-3-4-5-6-7-8-14-25-21(30)13-15-28-17(2)27-22-20(23(28)31)16-26-29(22)19-11-9-18(24)10-12-19/h9-12,16H,3-8,13-15H2,1-2H3,(H,25,30). The quantitative estimate of drug-likeness (QED) is 0.471. The summed E-state index contributed by atoms with van der Waals surface area (Å²) in [6.07, 6.45) is 8.72. The highest BCUT2D eigenvalue weighted by Gasteiger charge is 2.15. The molecule has 0 atom stereocenters. The smallest absolute Gasteiger partial charge is 0.264 e. The Morgan fingerprint density at radius 3 is 2.55 bits per heavy atom. The number of aryl methyl sites for hydroxylation is 1. The summed E-state index contributed by atoms with van der Waals surface area (Å²) in [5.41, 5.74) is 0.798. The fourth-order valence-corrected chi connectivity index (χ4v) is 3.58. The number of nitrogens with zero attached hydrogens (tertiary/aromatic N) is 4. The summed E-state index contributed by atoms with van der Waals surface area (Å²) in [5, 5.41) is 7.54. The average Bonchev–Trinajstić information content (AvgIpc) is 3.17. The van der Waals surface area contributed by atoms with Gasteiger partial charge in [-0.15, -0.1) is 0 Å². The zero-order chi connectivity index (χ0) is 22.2. The number of hydrogen-bond acceptors (Lipinski definition) is 4. The second-order valence-corrected chi connectivity index (χ2v) is 7.75. The monoisotopic (exact) mass is 427 g/mol. The molecule has 1 N–H and O–H groups in total. The molecule has 31 heavy (non-hydrogen) atoms. The first-order valence-corrected chi connectivity index (χ1v) is 11.0. The van der Waals surface area contributed by atoms with Crippen LogP contribution in [0.5, 0.6) is 0 Å². The number of aromatic nitrogens is 4. The van der Waals surface area contributed by atoms with Crippen LogP contribution in [0.25, 0.3) is 16.7 Å². The number of fused-ring (bicyclic) bond motifs is 1. The largest absolute Gasteiger partial charge is 0.356 e. The minimum atomic E-state index is -0.346. The summed E-state index contributed by atoms with van der Waals surface area (Å²) in [6.45, 7) is 4.85. The maximum atomic E-state index is 13.2. The predicted molar refractivity (Wildman–Crippen MR) is 119 cm³/mol. The van der Waals surface area contributed by atoms with Crippen molar-refractivity contribution < 1.29 is 9.18 Å². The van der Waals surface area contributed by atoms with Gasteiger partial charge in [-0.2, -0.15) is 5.10 Å². The molecular weight excluding hydrogens is 397 g/mol. The molecule has 166 valence electrons. The molecular formula is C23H30FN5O2. The molecule has 0 aliphatic rings. The fourth-order valence-electron chi connectivity index (χ4n) is 3.58. The molecule has 0 fully saturated rings. The lowest BCUT2D eigenvalue weighted by molar-refractivity contribution is -0.121. The van der Waals surface area contributed by atoms with E-state index in [0.717, 1.165) is 12.8 Å². The number of amides is 1. The van der Waals surface area contributed by atoms with Crippen molar-refractivity contribution in [1.82, 2.24) is 24.6 Å². The molecule has 0 aliphatic heterocycles. The van der Waals surface area contributed by atoms with E-state index in [-0.39, 0.29) is 30.2 Å². The minimum Gasteiger partial charge on any atom is -0.356 e. The van der Waals surface area contributed by atoms with E-state index in [9.17, 15) is 14.0 Å². The molecule has 0 bridgehead atoms. The van der Waals surface area contributed by atoms with Gasteiger partial charge in [-0.3, -0.25) is 14.2 Å². The zero-order valence-corrected chi connectivity index (χ0v) is 18.2. The van der Waals surface area contributed by atoms with Gasteiger partial charge in [0.15, 0.2) is 5.65 Å². The Balaban J connectivity index is 1.61. The Labute approximate surface area is 181 Å². The summed E-state index contributed by atoms with van der Waals surface area (Å²) in [4.78, 5) is 29.6. The van der Waals surface area contributed by atoms with Crippen molar-refractivity contribution in [2.75, 3.05) is 6.54 Å². The first-order valence-electron chi connectivity index (χ1n) is 11.0. The Bertz CT molecular complexity index is 1070. The Morgan fingerprint density at radius 1 is 1.10 bits per heavy atom. The van der Waals surface area contributed by atoms with Crippen LogP contribution < -0.4 is 10.9 Å². The van der Waals surface area contributed by atoms with Crippen LogP contribution in [0.1, 0.15) is 57.7 Å². The first kappa shape index (κ1) is 22.7. The summed E-state index contributed by atoms with van der Waals surface area (Å²) >= 11 is 0. The van der Waals surface area contributed by atoms with Crippen LogP contribution in [0.15, 0.2) is 35.3 Å². The number of benzene rings is 1. The number of nitrogens with one attached hydrogen (secondary N) is 1. The lowest BCUT2D eigenvalue weighted by atomic mass is 10.1. The molecule has 0 saturated heterocycles. The number of hydrogen-bond donors (Lipinski definition) is 1. The third-order valence-corrected chi connectivity index (χ3v) is 5.36. The van der Waals surface area contributed by atoms with Gasteiger partial charge in [0.2, 0.25) is 5.91 Å². The zero-order valence-electron chi connectivity index (χ0n) is 18.2. The van der Waals surface area contributed by atoms with Gasteiger partial charge in [0.25, 0.3) is 5.56 Å². The number of halogens is 1. The number of rotatable bonds is 11. The van der Waals surface area contributed by atoms with E-state index >= 15 is 0 Å². The molecule has 1 aromatic carbocycles. The summed E-state index contributed by atoms with van der Waals surface area (Å²) < 4.78 is 16.2. The molecule has 8 heteroatoms. The molecule has 0 radical (unpaired) electrons. The van der Waals surface area contributed by atoms with Crippen molar-refractivity contribution in [3.63, 3.8) is 0 Å². The highest BCUT2D eigenvalue weighted by molar-refractivity contribution is 5.76. The minimum absolute atomic E-state index is 0.0676. The first-order chi connectivity index (χ1) is 15.0. The van der Waals surface area contributed by atoms with Gasteiger partial charge in [0.1, 0.15) is 17.0 Å². The van der Waals surface area contributed by atoms with Crippen molar-refractivity contribution in [2.45, 2.75) is 65.3 Å². The van der Waals surface area contributed by atoms with Gasteiger partial charge in [-0.25, -0.2) is 14.1 Å². The van der Waals surface area contributed by atoms with Crippen LogP contribution in [0.4, 0.5) is 4.39 Å². The number of carbonyl (C=O) groups is 1. The van der Waals surface area contributed by atoms with E-state index < -0.39 is 0 Å². The topological polar surface area (TPSA) is 81.8 Å². The van der Waals surface area contributed by atoms with E-state index in [0.29, 0.717) is 29.1 Å². The van der Waals surface area contributed by atoms with E-state index in [1.165, 1.54) is 53.3 Å². The third-order valence-electron chi connectivity index (χ3n) is 5.36. The van der Waals surface area contributed by atoms with Crippen molar-refractivity contribution in [2.24, 2.45) is 0 Å². The summed E-state index contributed by atoms with van der Waals surface area (Å²) in [7, 11) is 0. The Hall–Kier alpha value is -3.03. The lowest BCUT2D eigenvalue weighted by Crippen LogP contribution is -2.29. The molecule has 7 nitrogen and oxygen atoms in total. The fraction of sp³-hybridized carbons (Fsp3) is 0.478. The van der Waals surface area contributed by atoms with Crippen LogP contribution in [0, 0.1) is 12.7 Å². The number of carbonyl (C=O) groups excluding carboxylic acids is 1. The summed E-state index contributed by atoms with van der Waals surface area (Å²) in [6, 6.07) is 5.83. The Kier molecular flexibility index (Phi) is 7.92. The predicted octanol–water partition coefficient (Wildman–Crippen LogP) is 3.90. The van der Waals surface area contributed by atoms with Crippen molar-refractivity contribution in [1.29, 1.82) is 0 Å². The highest BCUT2D eigenvalue weighted by Crippen LogP contribution is 2.15. The molecule has 0 saturated carbocycles. The van der Waals surface area contributed by atoms with E-state index in [2.05, 4.69) is 22.3 Å². The number of unbranched alkanes of at least 4 members (excludes halogenated alkanes) is 5.